The van der Waals surface area contributed by atoms with Crippen LogP contribution in [0.4, 0.5) is 4.39 Å². The Bertz CT molecular complexity index is 659. The van der Waals surface area contributed by atoms with Crippen molar-refractivity contribution in [3.63, 3.8) is 0 Å². The number of aliphatic hydroxyl groups is 1. The lowest BCUT2D eigenvalue weighted by Crippen LogP contribution is -2.39. The largest absolute Gasteiger partial charge is 0.396 e. The number of carbonyl (C=O) groups excluding carboxylic acids is 2. The maximum absolute atomic E-state index is 13.2. The number of carbonyl (C=O) groups is 2. The highest BCUT2D eigenvalue weighted by Gasteiger charge is 2.43. The van der Waals surface area contributed by atoms with Gasteiger partial charge in [-0.15, -0.1) is 0 Å². The highest BCUT2D eigenvalue weighted by Crippen LogP contribution is 2.37. The second kappa shape index (κ2) is 6.73. The molecule has 1 aliphatic heterocycles. The minimum Gasteiger partial charge on any atom is -0.396 e. The van der Waals surface area contributed by atoms with Crippen molar-refractivity contribution in [3.8, 4) is 0 Å². The zero-order valence-electron chi connectivity index (χ0n) is 13.5. The molecule has 1 aliphatic carbocycles. The summed E-state index contributed by atoms with van der Waals surface area (Å²) >= 11 is 0. The van der Waals surface area contributed by atoms with E-state index < -0.39 is 12.0 Å². The third-order valence-electron chi connectivity index (χ3n) is 4.87. The Morgan fingerprint density at radius 2 is 2.04 bits per heavy atom. The molecule has 2 aliphatic rings. The second-order valence-electron chi connectivity index (χ2n) is 6.49. The minimum absolute atomic E-state index is 0.0612. The van der Waals surface area contributed by atoms with Crippen molar-refractivity contribution in [1.82, 2.24) is 10.2 Å². The molecule has 0 radical (unpaired) electrons. The third kappa shape index (κ3) is 3.19. The molecule has 6 heteroatoms. The number of likely N-dealkylation sites (tertiary alicyclic amines) is 1. The molecule has 2 amide bonds. The maximum Gasteiger partial charge on any atom is 0.226 e. The fraction of sp³-hybridized carbons (Fsp3) is 0.444. The van der Waals surface area contributed by atoms with Gasteiger partial charge in [0.15, 0.2) is 0 Å². The van der Waals surface area contributed by atoms with Crippen molar-refractivity contribution in [2.45, 2.75) is 24.9 Å². The molecule has 0 aromatic heterocycles. The molecule has 0 spiro atoms. The van der Waals surface area contributed by atoms with Crippen LogP contribution in [0.2, 0.25) is 0 Å². The first-order chi connectivity index (χ1) is 11.5. The van der Waals surface area contributed by atoms with Gasteiger partial charge >= 0.3 is 0 Å². The van der Waals surface area contributed by atoms with Crippen LogP contribution in [0.15, 0.2) is 36.4 Å². The fourth-order valence-corrected chi connectivity index (χ4v) is 3.53. The molecule has 1 aromatic carbocycles. The molecule has 24 heavy (non-hydrogen) atoms. The van der Waals surface area contributed by atoms with Gasteiger partial charge in [0.25, 0.3) is 0 Å². The Balaban J connectivity index is 1.75. The van der Waals surface area contributed by atoms with E-state index in [2.05, 4.69) is 5.32 Å². The lowest BCUT2D eigenvalue weighted by molar-refractivity contribution is -0.128. The molecule has 3 rings (SSSR count). The molecule has 5 nitrogen and oxygen atoms in total. The molecule has 1 fully saturated rings. The van der Waals surface area contributed by atoms with E-state index in [1.807, 2.05) is 12.2 Å². The molecule has 0 bridgehead atoms. The number of halogens is 1. The van der Waals surface area contributed by atoms with Gasteiger partial charge in [0.05, 0.1) is 12.0 Å². The summed E-state index contributed by atoms with van der Waals surface area (Å²) in [5.74, 6) is -1.07. The summed E-state index contributed by atoms with van der Waals surface area (Å²) in [4.78, 5) is 26.3. The summed E-state index contributed by atoms with van der Waals surface area (Å²) in [7, 11) is 1.67. The van der Waals surface area contributed by atoms with E-state index in [0.717, 1.165) is 5.56 Å². The molecular formula is C18H21FN2O3. The van der Waals surface area contributed by atoms with Crippen LogP contribution >= 0.6 is 0 Å². The van der Waals surface area contributed by atoms with Crippen molar-refractivity contribution in [3.05, 3.63) is 47.8 Å². The van der Waals surface area contributed by atoms with Crippen LogP contribution in [0.1, 0.15) is 24.4 Å². The molecule has 1 heterocycles. The third-order valence-corrected chi connectivity index (χ3v) is 4.87. The highest BCUT2D eigenvalue weighted by molar-refractivity contribution is 5.90. The zero-order chi connectivity index (χ0) is 17.3. The van der Waals surface area contributed by atoms with Gasteiger partial charge < -0.3 is 15.3 Å². The average Bonchev–Trinajstić information content (AvgIpc) is 3.14. The van der Waals surface area contributed by atoms with Crippen molar-refractivity contribution < 1.29 is 19.1 Å². The lowest BCUT2D eigenvalue weighted by Gasteiger charge is -2.26. The van der Waals surface area contributed by atoms with Crippen LogP contribution in [0.5, 0.6) is 0 Å². The zero-order valence-corrected chi connectivity index (χ0v) is 13.5. The van der Waals surface area contributed by atoms with Crippen LogP contribution in [0, 0.1) is 17.7 Å². The van der Waals surface area contributed by atoms with Crippen molar-refractivity contribution in [1.29, 1.82) is 0 Å². The number of nitrogens with zero attached hydrogens (tertiary/aromatic N) is 1. The van der Waals surface area contributed by atoms with Crippen molar-refractivity contribution in [2.24, 2.45) is 11.8 Å². The number of aliphatic hydroxyl groups excluding tert-OH is 1. The van der Waals surface area contributed by atoms with Crippen LogP contribution in [-0.2, 0) is 9.59 Å². The molecule has 1 saturated heterocycles. The molecule has 2 N–H and O–H groups in total. The summed E-state index contributed by atoms with van der Waals surface area (Å²) in [6.45, 7) is 0.0612. The van der Waals surface area contributed by atoms with E-state index in [0.29, 0.717) is 6.42 Å². The maximum atomic E-state index is 13.2. The Kier molecular flexibility index (Phi) is 4.66. The smallest absolute Gasteiger partial charge is 0.226 e. The summed E-state index contributed by atoms with van der Waals surface area (Å²) in [5.41, 5.74) is 0.750. The number of hydrogen-bond donors (Lipinski definition) is 2. The van der Waals surface area contributed by atoms with E-state index in [1.165, 1.54) is 12.1 Å². The normalized spacial score (nSPS) is 29.3. The van der Waals surface area contributed by atoms with Crippen LogP contribution < -0.4 is 5.32 Å². The SMILES string of the molecule is CN1C(=O)CC(C(=O)N[C@@H]2C=C[C@H](CO)C2)C1c1ccc(F)cc1. The second-order valence-corrected chi connectivity index (χ2v) is 6.49. The Morgan fingerprint density at radius 1 is 1.33 bits per heavy atom. The van der Waals surface area contributed by atoms with E-state index in [-0.39, 0.29) is 42.6 Å². The summed E-state index contributed by atoms with van der Waals surface area (Å²) in [6.07, 6.45) is 4.59. The summed E-state index contributed by atoms with van der Waals surface area (Å²) < 4.78 is 13.2. The van der Waals surface area contributed by atoms with Gasteiger partial charge in [-0.1, -0.05) is 24.3 Å². The van der Waals surface area contributed by atoms with Crippen LogP contribution in [0.25, 0.3) is 0 Å². The van der Waals surface area contributed by atoms with E-state index in [9.17, 15) is 14.0 Å². The van der Waals surface area contributed by atoms with Gasteiger partial charge in [-0.05, 0) is 24.1 Å². The summed E-state index contributed by atoms with van der Waals surface area (Å²) in [6, 6.07) is 5.40. The molecular weight excluding hydrogens is 311 g/mol. The topological polar surface area (TPSA) is 69.6 Å². The van der Waals surface area contributed by atoms with Crippen molar-refractivity contribution >= 4 is 11.8 Å². The van der Waals surface area contributed by atoms with Gasteiger partial charge in [0.2, 0.25) is 11.8 Å². The van der Waals surface area contributed by atoms with E-state index >= 15 is 0 Å². The Labute approximate surface area is 140 Å². The number of amides is 2. The first kappa shape index (κ1) is 16.6. The van der Waals surface area contributed by atoms with E-state index in [1.54, 1.807) is 24.1 Å². The van der Waals surface area contributed by atoms with Crippen LogP contribution in [0.3, 0.4) is 0 Å². The predicted octanol–water partition coefficient (Wildman–Crippen LogP) is 1.40. The van der Waals surface area contributed by atoms with Crippen LogP contribution in [-0.4, -0.2) is 41.5 Å². The van der Waals surface area contributed by atoms with Gasteiger partial charge in [-0.2, -0.15) is 0 Å². The predicted molar refractivity (Wildman–Crippen MR) is 86.3 cm³/mol. The van der Waals surface area contributed by atoms with Gasteiger partial charge in [0, 0.05) is 32.0 Å². The molecule has 1 aromatic rings. The Morgan fingerprint density at radius 3 is 2.67 bits per heavy atom. The van der Waals surface area contributed by atoms with Gasteiger partial charge in [0.1, 0.15) is 5.82 Å². The summed E-state index contributed by atoms with van der Waals surface area (Å²) in [5, 5.41) is 12.1. The number of rotatable bonds is 4. The van der Waals surface area contributed by atoms with Gasteiger partial charge in [-0.3, -0.25) is 9.59 Å². The monoisotopic (exact) mass is 332 g/mol. The standard InChI is InChI=1S/C18H21FN2O3/c1-21-16(23)9-15(17(21)12-3-5-13(19)6-4-12)18(24)20-14-7-2-11(8-14)10-22/h2-7,11,14-15,17,22H,8-10H2,1H3,(H,20,24)/t11-,14+,15?,17?/m0/s1. The number of nitrogens with one attached hydrogen (secondary N) is 1. The minimum atomic E-state index is -0.505. The molecule has 2 unspecified atom stereocenters. The number of benzene rings is 1. The van der Waals surface area contributed by atoms with Crippen molar-refractivity contribution in [2.75, 3.05) is 13.7 Å². The van der Waals surface area contributed by atoms with Gasteiger partial charge in [-0.25, -0.2) is 4.39 Å². The average molecular weight is 332 g/mol. The first-order valence-corrected chi connectivity index (χ1v) is 8.10. The number of hydrogen-bond acceptors (Lipinski definition) is 3. The quantitative estimate of drug-likeness (QED) is 0.819. The fourth-order valence-electron chi connectivity index (χ4n) is 3.53. The molecule has 128 valence electrons. The molecule has 4 atom stereocenters. The lowest BCUT2D eigenvalue weighted by atomic mass is 9.92. The van der Waals surface area contributed by atoms with E-state index in [4.69, 9.17) is 5.11 Å². The first-order valence-electron chi connectivity index (χ1n) is 8.10. The molecule has 0 saturated carbocycles. The Hall–Kier alpha value is -2.21. The highest BCUT2D eigenvalue weighted by atomic mass is 19.1.